The third kappa shape index (κ3) is 2.76. The Morgan fingerprint density at radius 3 is 2.38 bits per heavy atom. The van der Waals surface area contributed by atoms with E-state index in [2.05, 4.69) is 33.0 Å². The van der Waals surface area contributed by atoms with Crippen LogP contribution < -0.4 is 5.32 Å². The lowest BCUT2D eigenvalue weighted by molar-refractivity contribution is 0.461. The maximum atomic E-state index is 6.00. The molecule has 4 rings (SSSR count). The normalized spacial score (nSPS) is 16.2. The van der Waals surface area contributed by atoms with Crippen molar-refractivity contribution >= 4 is 17.3 Å². The van der Waals surface area contributed by atoms with E-state index < -0.39 is 0 Å². The van der Waals surface area contributed by atoms with Crippen molar-refractivity contribution in [2.24, 2.45) is 0 Å². The van der Waals surface area contributed by atoms with Crippen molar-refractivity contribution < 1.29 is 0 Å². The summed E-state index contributed by atoms with van der Waals surface area (Å²) in [5.41, 5.74) is 1.76. The molecule has 1 aromatic heterocycles. The van der Waals surface area contributed by atoms with Gasteiger partial charge in [0.25, 0.3) is 0 Å². The van der Waals surface area contributed by atoms with Crippen LogP contribution in [0.3, 0.4) is 0 Å². The smallest absolute Gasteiger partial charge is 0.181 e. The largest absolute Gasteiger partial charge is 0.373 e. The molecule has 122 valence electrons. The summed E-state index contributed by atoms with van der Waals surface area (Å²) in [5.74, 6) is 0.853. The van der Waals surface area contributed by atoms with Crippen molar-refractivity contribution in [2.45, 2.75) is 31.2 Å². The van der Waals surface area contributed by atoms with Crippen LogP contribution in [0.5, 0.6) is 0 Å². The highest BCUT2D eigenvalue weighted by Gasteiger charge is 2.40. The molecule has 2 aromatic carbocycles. The number of nitrogens with zero attached hydrogens (tertiary/aromatic N) is 4. The number of halogens is 1. The molecule has 3 aromatic rings. The molecule has 0 unspecified atom stereocenters. The highest BCUT2D eigenvalue weighted by Crippen LogP contribution is 2.41. The molecule has 1 fully saturated rings. The molecule has 0 spiro atoms. The van der Waals surface area contributed by atoms with E-state index in [-0.39, 0.29) is 5.54 Å². The lowest BCUT2D eigenvalue weighted by Crippen LogP contribution is -2.35. The number of nitrogens with one attached hydrogen (secondary N) is 1. The fraction of sp³-hybridized carbons (Fsp3) is 0.278. The predicted molar refractivity (Wildman–Crippen MR) is 94.4 cm³/mol. The minimum atomic E-state index is -0.246. The molecule has 0 radical (unpaired) electrons. The minimum Gasteiger partial charge on any atom is -0.373 e. The van der Waals surface area contributed by atoms with E-state index in [9.17, 15) is 0 Å². The van der Waals surface area contributed by atoms with E-state index in [0.717, 1.165) is 42.9 Å². The third-order valence-corrected chi connectivity index (χ3v) is 4.84. The van der Waals surface area contributed by atoms with Gasteiger partial charge in [-0.25, -0.2) is 0 Å². The molecule has 1 aliphatic rings. The summed E-state index contributed by atoms with van der Waals surface area (Å²) in [6.07, 6.45) is 4.34. The Bertz CT molecular complexity index is 807. The van der Waals surface area contributed by atoms with Gasteiger partial charge in [-0.2, -0.15) is 4.68 Å². The molecular formula is C18H18ClN5. The maximum absolute atomic E-state index is 6.00. The van der Waals surface area contributed by atoms with E-state index in [1.54, 1.807) is 0 Å². The summed E-state index contributed by atoms with van der Waals surface area (Å²) >= 11 is 6.00. The zero-order chi connectivity index (χ0) is 16.4. The molecule has 1 aliphatic carbocycles. The zero-order valence-electron chi connectivity index (χ0n) is 13.2. The number of para-hydroxylation sites is 1. The predicted octanol–water partition coefficient (Wildman–Crippen LogP) is 4.20. The van der Waals surface area contributed by atoms with Crippen LogP contribution in [0.25, 0.3) is 5.69 Å². The van der Waals surface area contributed by atoms with Crippen molar-refractivity contribution in [3.8, 4) is 5.69 Å². The van der Waals surface area contributed by atoms with Gasteiger partial charge in [-0.15, -0.1) is 5.10 Å². The topological polar surface area (TPSA) is 55.6 Å². The Morgan fingerprint density at radius 2 is 1.67 bits per heavy atom. The van der Waals surface area contributed by atoms with Gasteiger partial charge >= 0.3 is 0 Å². The van der Waals surface area contributed by atoms with Crippen LogP contribution in [0, 0.1) is 0 Å². The van der Waals surface area contributed by atoms with Gasteiger partial charge in [0.15, 0.2) is 5.82 Å². The Balaban J connectivity index is 1.75. The molecule has 0 amide bonds. The molecule has 0 saturated heterocycles. The van der Waals surface area contributed by atoms with Crippen LogP contribution in [-0.2, 0) is 5.54 Å². The van der Waals surface area contributed by atoms with E-state index >= 15 is 0 Å². The summed E-state index contributed by atoms with van der Waals surface area (Å²) in [6.45, 7) is 0. The second-order valence-electron chi connectivity index (χ2n) is 6.17. The molecule has 1 N–H and O–H groups in total. The average Bonchev–Trinajstić information content (AvgIpc) is 3.26. The molecular weight excluding hydrogens is 322 g/mol. The molecule has 0 aliphatic heterocycles. The quantitative estimate of drug-likeness (QED) is 0.774. The Morgan fingerprint density at radius 1 is 0.958 bits per heavy atom. The van der Waals surface area contributed by atoms with E-state index in [4.69, 9.17) is 11.6 Å². The first kappa shape index (κ1) is 15.1. The van der Waals surface area contributed by atoms with Gasteiger partial charge in [-0.3, -0.25) is 0 Å². The van der Waals surface area contributed by atoms with Crippen LogP contribution in [0.1, 0.15) is 31.5 Å². The van der Waals surface area contributed by atoms with Crippen LogP contribution in [0.15, 0.2) is 54.6 Å². The number of rotatable bonds is 4. The monoisotopic (exact) mass is 339 g/mol. The number of anilines is 1. The number of tetrazole rings is 1. The molecule has 6 heteroatoms. The van der Waals surface area contributed by atoms with Crippen LogP contribution in [0.2, 0.25) is 5.02 Å². The van der Waals surface area contributed by atoms with Crippen LogP contribution >= 0.6 is 11.6 Å². The molecule has 1 heterocycles. The molecule has 0 atom stereocenters. The minimum absolute atomic E-state index is 0.246. The maximum Gasteiger partial charge on any atom is 0.181 e. The van der Waals surface area contributed by atoms with Crippen LogP contribution in [-0.4, -0.2) is 20.2 Å². The first-order valence-electron chi connectivity index (χ1n) is 8.15. The first-order valence-corrected chi connectivity index (χ1v) is 8.53. The lowest BCUT2D eigenvalue weighted by Gasteiger charge is -2.30. The lowest BCUT2D eigenvalue weighted by atomic mass is 9.95. The SMILES string of the molecule is Clc1ccc(-n2nnnc2C2(Nc3ccccc3)CCCC2)cc1. The van der Waals surface area contributed by atoms with E-state index in [1.165, 1.54) is 0 Å². The molecule has 5 nitrogen and oxygen atoms in total. The average molecular weight is 340 g/mol. The zero-order valence-corrected chi connectivity index (χ0v) is 13.9. The fourth-order valence-electron chi connectivity index (χ4n) is 3.42. The standard InChI is InChI=1S/C18H18ClN5/c19-14-8-10-16(11-9-14)24-17(21-22-23-24)18(12-4-5-13-18)20-15-6-2-1-3-7-15/h1-3,6-11,20H,4-5,12-13H2. The number of benzene rings is 2. The van der Waals surface area contributed by atoms with Gasteiger partial charge in [0.05, 0.1) is 11.2 Å². The summed E-state index contributed by atoms with van der Waals surface area (Å²) in [6, 6.07) is 17.8. The second-order valence-corrected chi connectivity index (χ2v) is 6.61. The highest BCUT2D eigenvalue weighted by molar-refractivity contribution is 6.30. The van der Waals surface area contributed by atoms with Gasteiger partial charge in [-0.1, -0.05) is 42.6 Å². The van der Waals surface area contributed by atoms with Gasteiger partial charge in [0, 0.05) is 10.7 Å². The Kier molecular flexibility index (Phi) is 3.94. The summed E-state index contributed by atoms with van der Waals surface area (Å²) in [5, 5.41) is 16.9. The first-order chi connectivity index (χ1) is 11.8. The third-order valence-electron chi connectivity index (χ3n) is 4.58. The van der Waals surface area contributed by atoms with Crippen molar-refractivity contribution in [3.63, 3.8) is 0 Å². The van der Waals surface area contributed by atoms with Crippen molar-refractivity contribution in [3.05, 3.63) is 65.4 Å². The van der Waals surface area contributed by atoms with Crippen molar-refractivity contribution in [1.82, 2.24) is 20.2 Å². The van der Waals surface area contributed by atoms with Gasteiger partial charge in [0.1, 0.15) is 0 Å². The molecule has 24 heavy (non-hydrogen) atoms. The fourth-order valence-corrected chi connectivity index (χ4v) is 3.55. The summed E-state index contributed by atoms with van der Waals surface area (Å²) in [7, 11) is 0. The molecule has 1 saturated carbocycles. The van der Waals surface area contributed by atoms with Gasteiger partial charge in [-0.05, 0) is 59.7 Å². The summed E-state index contributed by atoms with van der Waals surface area (Å²) < 4.78 is 1.82. The highest BCUT2D eigenvalue weighted by atomic mass is 35.5. The van der Waals surface area contributed by atoms with Gasteiger partial charge in [0.2, 0.25) is 0 Å². The number of hydrogen-bond donors (Lipinski definition) is 1. The number of aromatic nitrogens is 4. The van der Waals surface area contributed by atoms with E-state index in [1.807, 2.05) is 47.1 Å². The van der Waals surface area contributed by atoms with Crippen LogP contribution in [0.4, 0.5) is 5.69 Å². The molecule has 0 bridgehead atoms. The van der Waals surface area contributed by atoms with Gasteiger partial charge < -0.3 is 5.32 Å². The Hall–Kier alpha value is -2.40. The van der Waals surface area contributed by atoms with Crippen molar-refractivity contribution in [1.29, 1.82) is 0 Å². The van der Waals surface area contributed by atoms with Crippen molar-refractivity contribution in [2.75, 3.05) is 5.32 Å². The second kappa shape index (κ2) is 6.24. The Labute approximate surface area is 145 Å². The van der Waals surface area contributed by atoms with E-state index in [0.29, 0.717) is 5.02 Å². The summed E-state index contributed by atoms with van der Waals surface area (Å²) in [4.78, 5) is 0. The number of hydrogen-bond acceptors (Lipinski definition) is 4.